The lowest BCUT2D eigenvalue weighted by Crippen LogP contribution is -2.12. The predicted octanol–water partition coefficient (Wildman–Crippen LogP) is 3.07. The molecule has 1 atom stereocenters. The second-order valence-electron chi connectivity index (χ2n) is 4.86. The number of phenolic OH excluding ortho intramolecular Hbond substituents is 1. The van der Waals surface area contributed by atoms with Crippen LogP contribution in [0.5, 0.6) is 5.75 Å². The van der Waals surface area contributed by atoms with Gasteiger partial charge in [-0.1, -0.05) is 18.2 Å². The Bertz CT molecular complexity index is 566. The van der Waals surface area contributed by atoms with Crippen LogP contribution in [0.4, 0.5) is 0 Å². The van der Waals surface area contributed by atoms with Crippen LogP contribution in [-0.2, 0) is 16.0 Å². The average molecular weight is 285 g/mol. The van der Waals surface area contributed by atoms with Crippen molar-refractivity contribution < 1.29 is 14.6 Å². The summed E-state index contributed by atoms with van der Waals surface area (Å²) in [6.07, 6.45) is 4.51. The van der Waals surface area contributed by atoms with Crippen LogP contribution in [0.25, 0.3) is 0 Å². The molecule has 0 fully saturated rings. The third-order valence-electron chi connectivity index (χ3n) is 3.29. The number of esters is 1. The zero-order chi connectivity index (χ0) is 15.1. The molecule has 0 spiro atoms. The standard InChI is InChI=1S/C17H19NO3/c1-2-21-17(20)11-15(14-4-3-9-18-12-14)10-13-5-7-16(19)8-6-13/h3-9,12,15,19H,2,10-11H2,1H3/t15-/m0/s1. The summed E-state index contributed by atoms with van der Waals surface area (Å²) in [5.41, 5.74) is 2.07. The summed E-state index contributed by atoms with van der Waals surface area (Å²) in [7, 11) is 0. The molecule has 0 bridgehead atoms. The van der Waals surface area contributed by atoms with Gasteiger partial charge in [-0.3, -0.25) is 9.78 Å². The molecule has 1 aromatic heterocycles. The highest BCUT2D eigenvalue weighted by Crippen LogP contribution is 2.25. The SMILES string of the molecule is CCOC(=O)C[C@H](Cc1ccc(O)cc1)c1cccnc1. The first-order valence-corrected chi connectivity index (χ1v) is 7.02. The van der Waals surface area contributed by atoms with Gasteiger partial charge in [0.15, 0.2) is 0 Å². The summed E-state index contributed by atoms with van der Waals surface area (Å²) in [6.45, 7) is 2.19. The van der Waals surface area contributed by atoms with Crippen LogP contribution in [0.2, 0.25) is 0 Å². The molecule has 4 heteroatoms. The smallest absolute Gasteiger partial charge is 0.306 e. The third-order valence-corrected chi connectivity index (χ3v) is 3.29. The number of phenols is 1. The van der Waals surface area contributed by atoms with Crippen molar-refractivity contribution in [2.24, 2.45) is 0 Å². The van der Waals surface area contributed by atoms with Crippen LogP contribution in [0.3, 0.4) is 0 Å². The number of pyridine rings is 1. The number of ether oxygens (including phenoxy) is 1. The average Bonchev–Trinajstić information content (AvgIpc) is 2.50. The van der Waals surface area contributed by atoms with Gasteiger partial charge in [0.2, 0.25) is 0 Å². The van der Waals surface area contributed by atoms with E-state index < -0.39 is 0 Å². The Morgan fingerprint density at radius 3 is 2.67 bits per heavy atom. The second-order valence-corrected chi connectivity index (χ2v) is 4.86. The molecule has 0 amide bonds. The number of carbonyl (C=O) groups is 1. The summed E-state index contributed by atoms with van der Waals surface area (Å²) < 4.78 is 5.05. The predicted molar refractivity (Wildman–Crippen MR) is 80.0 cm³/mol. The number of rotatable bonds is 6. The van der Waals surface area contributed by atoms with Crippen molar-refractivity contribution in [3.8, 4) is 5.75 Å². The third kappa shape index (κ3) is 4.60. The van der Waals surface area contributed by atoms with E-state index in [4.69, 9.17) is 4.74 Å². The Balaban J connectivity index is 2.15. The van der Waals surface area contributed by atoms with Crippen molar-refractivity contribution in [2.45, 2.75) is 25.7 Å². The number of aromatic nitrogens is 1. The van der Waals surface area contributed by atoms with Crippen LogP contribution in [0.1, 0.15) is 30.4 Å². The Kier molecular flexibility index (Phi) is 5.32. The maximum atomic E-state index is 11.8. The van der Waals surface area contributed by atoms with Crippen molar-refractivity contribution in [1.82, 2.24) is 4.98 Å². The topological polar surface area (TPSA) is 59.4 Å². The van der Waals surface area contributed by atoms with E-state index in [1.165, 1.54) is 0 Å². The van der Waals surface area contributed by atoms with Gasteiger partial charge in [0.25, 0.3) is 0 Å². The number of hydrogen-bond acceptors (Lipinski definition) is 4. The van der Waals surface area contributed by atoms with E-state index in [2.05, 4.69) is 4.98 Å². The molecule has 2 rings (SSSR count). The minimum atomic E-state index is -0.204. The molecule has 0 saturated carbocycles. The van der Waals surface area contributed by atoms with E-state index in [0.717, 1.165) is 11.1 Å². The fourth-order valence-corrected chi connectivity index (χ4v) is 2.26. The summed E-state index contributed by atoms with van der Waals surface area (Å²) in [5, 5.41) is 9.34. The molecule has 0 aliphatic rings. The minimum Gasteiger partial charge on any atom is -0.508 e. The van der Waals surface area contributed by atoms with E-state index >= 15 is 0 Å². The van der Waals surface area contributed by atoms with Crippen molar-refractivity contribution in [3.63, 3.8) is 0 Å². The Labute approximate surface area is 124 Å². The number of nitrogens with zero attached hydrogens (tertiary/aromatic N) is 1. The zero-order valence-electron chi connectivity index (χ0n) is 12.0. The van der Waals surface area contributed by atoms with Gasteiger partial charge >= 0.3 is 5.97 Å². The highest BCUT2D eigenvalue weighted by atomic mass is 16.5. The summed E-state index contributed by atoms with van der Waals surface area (Å²) >= 11 is 0. The maximum Gasteiger partial charge on any atom is 0.306 e. The molecule has 0 aliphatic carbocycles. The van der Waals surface area contributed by atoms with Crippen molar-refractivity contribution in [1.29, 1.82) is 0 Å². The van der Waals surface area contributed by atoms with Crippen LogP contribution < -0.4 is 0 Å². The van der Waals surface area contributed by atoms with E-state index in [0.29, 0.717) is 19.4 Å². The number of aromatic hydroxyl groups is 1. The lowest BCUT2D eigenvalue weighted by Gasteiger charge is -2.16. The van der Waals surface area contributed by atoms with Gasteiger partial charge in [-0.2, -0.15) is 0 Å². The van der Waals surface area contributed by atoms with Gasteiger partial charge in [-0.15, -0.1) is 0 Å². The molecular weight excluding hydrogens is 266 g/mol. The van der Waals surface area contributed by atoms with Gasteiger partial charge in [0, 0.05) is 12.4 Å². The number of benzene rings is 1. The van der Waals surface area contributed by atoms with Gasteiger partial charge in [0.05, 0.1) is 13.0 Å². The molecule has 1 aromatic carbocycles. The molecule has 0 radical (unpaired) electrons. The Morgan fingerprint density at radius 2 is 2.05 bits per heavy atom. The van der Waals surface area contributed by atoms with Crippen LogP contribution in [0.15, 0.2) is 48.8 Å². The molecule has 110 valence electrons. The summed E-state index contributed by atoms with van der Waals surface area (Å²) in [5.74, 6) is 0.0505. The molecule has 4 nitrogen and oxygen atoms in total. The first-order chi connectivity index (χ1) is 10.2. The van der Waals surface area contributed by atoms with Gasteiger partial charge in [-0.05, 0) is 48.6 Å². The number of hydrogen-bond donors (Lipinski definition) is 1. The van der Waals surface area contributed by atoms with E-state index in [1.54, 1.807) is 31.5 Å². The van der Waals surface area contributed by atoms with Crippen molar-refractivity contribution >= 4 is 5.97 Å². The van der Waals surface area contributed by atoms with Crippen molar-refractivity contribution in [2.75, 3.05) is 6.61 Å². The van der Waals surface area contributed by atoms with Gasteiger partial charge in [-0.25, -0.2) is 0 Å². The second kappa shape index (κ2) is 7.43. The van der Waals surface area contributed by atoms with E-state index in [9.17, 15) is 9.90 Å². The highest BCUT2D eigenvalue weighted by molar-refractivity contribution is 5.70. The molecule has 1 heterocycles. The van der Waals surface area contributed by atoms with Crippen LogP contribution in [0, 0.1) is 0 Å². The molecule has 1 N–H and O–H groups in total. The Morgan fingerprint density at radius 1 is 1.29 bits per heavy atom. The molecule has 0 aliphatic heterocycles. The molecule has 21 heavy (non-hydrogen) atoms. The lowest BCUT2D eigenvalue weighted by atomic mass is 9.90. The fraction of sp³-hybridized carbons (Fsp3) is 0.294. The lowest BCUT2D eigenvalue weighted by molar-refractivity contribution is -0.143. The molecule has 0 unspecified atom stereocenters. The Hall–Kier alpha value is -2.36. The minimum absolute atomic E-state index is 0.0160. The largest absolute Gasteiger partial charge is 0.508 e. The molecular formula is C17H19NO3. The first kappa shape index (κ1) is 15.0. The normalized spacial score (nSPS) is 11.9. The summed E-state index contributed by atoms with van der Waals surface area (Å²) in [6, 6.07) is 10.9. The fourth-order valence-electron chi connectivity index (χ4n) is 2.26. The van der Waals surface area contributed by atoms with Crippen molar-refractivity contribution in [3.05, 3.63) is 59.9 Å². The van der Waals surface area contributed by atoms with Crippen LogP contribution in [-0.4, -0.2) is 22.7 Å². The molecule has 2 aromatic rings. The quantitative estimate of drug-likeness (QED) is 0.829. The number of carbonyl (C=O) groups excluding carboxylic acids is 1. The van der Waals surface area contributed by atoms with Gasteiger partial charge in [0.1, 0.15) is 5.75 Å². The van der Waals surface area contributed by atoms with E-state index in [1.807, 2.05) is 24.3 Å². The van der Waals surface area contributed by atoms with Gasteiger partial charge < -0.3 is 9.84 Å². The summed E-state index contributed by atoms with van der Waals surface area (Å²) in [4.78, 5) is 15.9. The zero-order valence-corrected chi connectivity index (χ0v) is 12.0. The first-order valence-electron chi connectivity index (χ1n) is 7.02. The van der Waals surface area contributed by atoms with Crippen LogP contribution >= 0.6 is 0 Å². The molecule has 0 saturated heterocycles. The monoisotopic (exact) mass is 285 g/mol. The maximum absolute atomic E-state index is 11.8. The highest BCUT2D eigenvalue weighted by Gasteiger charge is 2.17. The van der Waals surface area contributed by atoms with E-state index in [-0.39, 0.29) is 17.6 Å².